The quantitative estimate of drug-likeness (QED) is 0.631. The van der Waals surface area contributed by atoms with Gasteiger partial charge in [-0.1, -0.05) is 6.07 Å². The SMILES string of the molecule is Nc1ccc(-c2ccnc(Cl)n2)c2c1C(=O)CC2. The van der Waals surface area contributed by atoms with Crippen LogP contribution in [0.15, 0.2) is 24.4 Å². The van der Waals surface area contributed by atoms with E-state index in [0.717, 1.165) is 16.8 Å². The molecule has 0 unspecified atom stereocenters. The lowest BCUT2D eigenvalue weighted by atomic mass is 9.99. The van der Waals surface area contributed by atoms with E-state index in [9.17, 15) is 4.79 Å². The number of anilines is 1. The van der Waals surface area contributed by atoms with Crippen LogP contribution in [0.4, 0.5) is 5.69 Å². The summed E-state index contributed by atoms with van der Waals surface area (Å²) in [6.07, 6.45) is 2.82. The zero-order valence-electron chi connectivity index (χ0n) is 9.48. The smallest absolute Gasteiger partial charge is 0.222 e. The van der Waals surface area contributed by atoms with Crippen LogP contribution in [0.1, 0.15) is 22.3 Å². The van der Waals surface area contributed by atoms with E-state index in [1.165, 1.54) is 0 Å². The summed E-state index contributed by atoms with van der Waals surface area (Å²) in [7, 11) is 0. The number of hydrogen-bond donors (Lipinski definition) is 1. The molecule has 2 N–H and O–H groups in total. The Kier molecular flexibility index (Phi) is 2.52. The molecule has 5 heteroatoms. The van der Waals surface area contributed by atoms with Gasteiger partial charge in [0.05, 0.1) is 5.69 Å². The number of nitrogens with zero attached hydrogens (tertiary/aromatic N) is 2. The van der Waals surface area contributed by atoms with Crippen molar-refractivity contribution in [2.75, 3.05) is 5.73 Å². The molecule has 0 fully saturated rings. The number of halogens is 1. The monoisotopic (exact) mass is 259 g/mol. The second-order valence-electron chi connectivity index (χ2n) is 4.19. The summed E-state index contributed by atoms with van der Waals surface area (Å²) in [4.78, 5) is 19.8. The number of nitrogens with two attached hydrogens (primary N) is 1. The van der Waals surface area contributed by atoms with E-state index in [0.29, 0.717) is 24.1 Å². The van der Waals surface area contributed by atoms with Crippen LogP contribution in [0.3, 0.4) is 0 Å². The lowest BCUT2D eigenvalue weighted by Gasteiger charge is -2.09. The van der Waals surface area contributed by atoms with Gasteiger partial charge < -0.3 is 5.73 Å². The third-order valence-corrected chi connectivity index (χ3v) is 3.31. The summed E-state index contributed by atoms with van der Waals surface area (Å²) in [6, 6.07) is 5.40. The highest BCUT2D eigenvalue weighted by Gasteiger charge is 2.25. The van der Waals surface area contributed by atoms with Gasteiger partial charge >= 0.3 is 0 Å². The van der Waals surface area contributed by atoms with Gasteiger partial charge in [0.25, 0.3) is 0 Å². The van der Waals surface area contributed by atoms with Crippen LogP contribution in [-0.2, 0) is 6.42 Å². The third kappa shape index (κ3) is 1.66. The molecule has 0 spiro atoms. The molecule has 3 rings (SSSR count). The number of nitrogen functional groups attached to an aromatic ring is 1. The molecule has 0 radical (unpaired) electrons. The third-order valence-electron chi connectivity index (χ3n) is 3.13. The fraction of sp³-hybridized carbons (Fsp3) is 0.154. The van der Waals surface area contributed by atoms with Gasteiger partial charge in [-0.3, -0.25) is 4.79 Å². The Morgan fingerprint density at radius 1 is 1.22 bits per heavy atom. The first-order valence-electron chi connectivity index (χ1n) is 5.60. The number of carbonyl (C=O) groups excluding carboxylic acids is 1. The van der Waals surface area contributed by atoms with Crippen LogP contribution in [-0.4, -0.2) is 15.8 Å². The van der Waals surface area contributed by atoms with Crippen molar-refractivity contribution in [2.24, 2.45) is 0 Å². The molecule has 0 saturated heterocycles. The predicted molar refractivity (Wildman–Crippen MR) is 69.5 cm³/mol. The zero-order valence-corrected chi connectivity index (χ0v) is 10.2. The maximum atomic E-state index is 11.8. The van der Waals surface area contributed by atoms with E-state index in [2.05, 4.69) is 9.97 Å². The Balaban J connectivity index is 2.23. The first kappa shape index (κ1) is 11.2. The first-order valence-corrected chi connectivity index (χ1v) is 5.98. The van der Waals surface area contributed by atoms with E-state index in [1.54, 1.807) is 18.3 Å². The van der Waals surface area contributed by atoms with Gasteiger partial charge in [-0.25, -0.2) is 9.97 Å². The average Bonchev–Trinajstić information content (AvgIpc) is 2.73. The molecule has 0 saturated carbocycles. The minimum absolute atomic E-state index is 0.101. The van der Waals surface area contributed by atoms with E-state index in [1.807, 2.05) is 6.07 Å². The fourth-order valence-electron chi connectivity index (χ4n) is 2.34. The molecule has 2 aromatic rings. The number of carbonyl (C=O) groups is 1. The summed E-state index contributed by atoms with van der Waals surface area (Å²) in [6.45, 7) is 0. The Morgan fingerprint density at radius 2 is 2.06 bits per heavy atom. The van der Waals surface area contributed by atoms with Crippen molar-refractivity contribution in [3.05, 3.63) is 40.8 Å². The zero-order chi connectivity index (χ0) is 12.7. The lowest BCUT2D eigenvalue weighted by Crippen LogP contribution is -2.00. The minimum Gasteiger partial charge on any atom is -0.398 e. The van der Waals surface area contributed by atoms with Gasteiger partial charge in [0.15, 0.2) is 5.78 Å². The molecule has 0 aliphatic heterocycles. The normalized spacial score (nSPS) is 13.7. The maximum Gasteiger partial charge on any atom is 0.222 e. The molecule has 90 valence electrons. The Labute approximate surface area is 109 Å². The van der Waals surface area contributed by atoms with Crippen LogP contribution >= 0.6 is 11.6 Å². The van der Waals surface area contributed by atoms with E-state index >= 15 is 0 Å². The van der Waals surface area contributed by atoms with E-state index in [4.69, 9.17) is 17.3 Å². The topological polar surface area (TPSA) is 68.9 Å². The molecule has 0 bridgehead atoms. The van der Waals surface area contributed by atoms with Gasteiger partial charge in [0.1, 0.15) is 0 Å². The molecular formula is C13H10ClN3O. The number of ketones is 1. The Hall–Kier alpha value is -1.94. The van der Waals surface area contributed by atoms with Crippen LogP contribution < -0.4 is 5.73 Å². The number of Topliss-reactive ketones (excluding diaryl/α,β-unsaturated/α-hetero) is 1. The van der Waals surface area contributed by atoms with Crippen LogP contribution in [0.25, 0.3) is 11.3 Å². The van der Waals surface area contributed by atoms with Crippen molar-refractivity contribution < 1.29 is 4.79 Å². The Bertz CT molecular complexity index is 655. The number of hydrogen-bond acceptors (Lipinski definition) is 4. The molecular weight excluding hydrogens is 250 g/mol. The number of rotatable bonds is 1. The van der Waals surface area contributed by atoms with Crippen molar-refractivity contribution in [3.8, 4) is 11.3 Å². The number of benzene rings is 1. The van der Waals surface area contributed by atoms with Gasteiger partial charge in [-0.05, 0) is 35.7 Å². The fourth-order valence-corrected chi connectivity index (χ4v) is 2.49. The molecule has 0 amide bonds. The van der Waals surface area contributed by atoms with Crippen molar-refractivity contribution in [1.82, 2.24) is 9.97 Å². The van der Waals surface area contributed by atoms with Crippen LogP contribution in [0, 0.1) is 0 Å². The summed E-state index contributed by atoms with van der Waals surface area (Å²) in [5.74, 6) is 0.101. The number of aromatic nitrogens is 2. The molecule has 1 aliphatic rings. The molecule has 1 aliphatic carbocycles. The summed E-state index contributed by atoms with van der Waals surface area (Å²) in [5.41, 5.74) is 9.64. The van der Waals surface area contributed by atoms with Gasteiger partial charge in [0, 0.05) is 29.4 Å². The highest BCUT2D eigenvalue weighted by molar-refractivity contribution is 6.28. The van der Waals surface area contributed by atoms with Crippen molar-refractivity contribution >= 4 is 23.1 Å². The molecule has 0 atom stereocenters. The molecule has 18 heavy (non-hydrogen) atoms. The molecule has 4 nitrogen and oxygen atoms in total. The minimum atomic E-state index is 0.101. The van der Waals surface area contributed by atoms with Crippen molar-refractivity contribution in [1.29, 1.82) is 0 Å². The summed E-state index contributed by atoms with van der Waals surface area (Å²) >= 11 is 5.79. The van der Waals surface area contributed by atoms with Gasteiger partial charge in [-0.2, -0.15) is 0 Å². The highest BCUT2D eigenvalue weighted by atomic mass is 35.5. The highest BCUT2D eigenvalue weighted by Crippen LogP contribution is 2.35. The molecule has 1 aromatic carbocycles. The second-order valence-corrected chi connectivity index (χ2v) is 4.53. The Morgan fingerprint density at radius 3 is 2.83 bits per heavy atom. The molecule has 1 heterocycles. The second kappa shape index (κ2) is 4.07. The van der Waals surface area contributed by atoms with Gasteiger partial charge in [-0.15, -0.1) is 0 Å². The molecule has 1 aromatic heterocycles. The van der Waals surface area contributed by atoms with Crippen molar-refractivity contribution in [2.45, 2.75) is 12.8 Å². The van der Waals surface area contributed by atoms with E-state index < -0.39 is 0 Å². The maximum absolute atomic E-state index is 11.8. The standard InChI is InChI=1S/C13H10ClN3O/c14-13-16-6-5-10(17-13)7-1-3-9(15)12-8(7)2-4-11(12)18/h1,3,5-6H,2,4,15H2. The predicted octanol–water partition coefficient (Wildman–Crippen LogP) is 2.51. The average molecular weight is 260 g/mol. The van der Waals surface area contributed by atoms with Crippen molar-refractivity contribution in [3.63, 3.8) is 0 Å². The van der Waals surface area contributed by atoms with E-state index in [-0.39, 0.29) is 11.1 Å². The summed E-state index contributed by atoms with van der Waals surface area (Å²) in [5, 5.41) is 0.197. The summed E-state index contributed by atoms with van der Waals surface area (Å²) < 4.78 is 0. The van der Waals surface area contributed by atoms with Gasteiger partial charge in [0.2, 0.25) is 5.28 Å². The van der Waals surface area contributed by atoms with Crippen LogP contribution in [0.5, 0.6) is 0 Å². The first-order chi connectivity index (χ1) is 8.66. The van der Waals surface area contributed by atoms with Crippen LogP contribution in [0.2, 0.25) is 5.28 Å². The lowest BCUT2D eigenvalue weighted by molar-refractivity contribution is 0.0995. The number of fused-ring (bicyclic) bond motifs is 1. The largest absolute Gasteiger partial charge is 0.398 e.